The summed E-state index contributed by atoms with van der Waals surface area (Å²) in [5.41, 5.74) is 1.13. The lowest BCUT2D eigenvalue weighted by Crippen LogP contribution is -2.43. The molecule has 1 aromatic carbocycles. The van der Waals surface area contributed by atoms with E-state index in [1.807, 2.05) is 28.8 Å². The summed E-state index contributed by atoms with van der Waals surface area (Å²) in [5.74, 6) is 1.15. The maximum Gasteiger partial charge on any atom is 0.311 e. The lowest BCUT2D eigenvalue weighted by Gasteiger charge is -2.33. The summed E-state index contributed by atoms with van der Waals surface area (Å²) >= 11 is 1.83. The number of thioether (sulfide) groups is 1. The Kier molecular flexibility index (Phi) is 4.53. The number of hydrogen-bond acceptors (Lipinski definition) is 4. The van der Waals surface area contributed by atoms with Gasteiger partial charge in [0, 0.05) is 35.2 Å². The van der Waals surface area contributed by atoms with E-state index in [9.17, 15) is 9.59 Å². The van der Waals surface area contributed by atoms with Crippen molar-refractivity contribution in [3.63, 3.8) is 0 Å². The summed E-state index contributed by atoms with van der Waals surface area (Å²) in [4.78, 5) is 28.0. The van der Waals surface area contributed by atoms with E-state index in [4.69, 9.17) is 4.74 Å². The molecule has 2 aliphatic heterocycles. The van der Waals surface area contributed by atoms with E-state index in [0.29, 0.717) is 6.54 Å². The molecule has 1 amide bonds. The Morgan fingerprint density at radius 3 is 2.75 bits per heavy atom. The van der Waals surface area contributed by atoms with Gasteiger partial charge in [-0.3, -0.25) is 9.59 Å². The van der Waals surface area contributed by atoms with E-state index < -0.39 is 0 Å². The van der Waals surface area contributed by atoms with Crippen LogP contribution in [0.3, 0.4) is 0 Å². The molecule has 2 fully saturated rings. The van der Waals surface area contributed by atoms with Gasteiger partial charge in [0.25, 0.3) is 0 Å². The van der Waals surface area contributed by atoms with E-state index in [2.05, 4.69) is 12.1 Å². The summed E-state index contributed by atoms with van der Waals surface area (Å²) in [6, 6.07) is 8.18. The summed E-state index contributed by atoms with van der Waals surface area (Å²) < 4.78 is 5.87. The van der Waals surface area contributed by atoms with Gasteiger partial charge < -0.3 is 9.64 Å². The van der Waals surface area contributed by atoms with Crippen molar-refractivity contribution >= 4 is 23.6 Å². The van der Waals surface area contributed by atoms with Crippen molar-refractivity contribution in [2.45, 2.75) is 43.1 Å². The van der Waals surface area contributed by atoms with Gasteiger partial charge in [0.05, 0.1) is 5.92 Å². The Labute approximate surface area is 146 Å². The lowest BCUT2D eigenvalue weighted by atomic mass is 9.97. The minimum atomic E-state index is -0.164. The van der Waals surface area contributed by atoms with E-state index >= 15 is 0 Å². The van der Waals surface area contributed by atoms with Crippen LogP contribution in [-0.4, -0.2) is 35.6 Å². The predicted molar refractivity (Wildman–Crippen MR) is 92.6 cm³/mol. The number of rotatable bonds is 3. The molecule has 24 heavy (non-hydrogen) atoms. The molecule has 2 atom stereocenters. The second kappa shape index (κ2) is 6.79. The molecular formula is C19H23NO3S. The number of nitrogens with zero attached hydrogens (tertiary/aromatic N) is 1. The zero-order valence-electron chi connectivity index (χ0n) is 13.8. The van der Waals surface area contributed by atoms with Gasteiger partial charge in [0.15, 0.2) is 0 Å². The quantitative estimate of drug-likeness (QED) is 0.788. The third-order valence-electron chi connectivity index (χ3n) is 5.15. The fourth-order valence-electron chi connectivity index (χ4n) is 3.63. The summed E-state index contributed by atoms with van der Waals surface area (Å²) in [6.45, 7) is 1.33. The molecule has 1 saturated carbocycles. The molecule has 0 aromatic heterocycles. The number of ether oxygens (including phenoxy) is 1. The Morgan fingerprint density at radius 1 is 1.08 bits per heavy atom. The van der Waals surface area contributed by atoms with Crippen LogP contribution in [0.15, 0.2) is 29.2 Å². The first-order chi connectivity index (χ1) is 11.7. The minimum absolute atomic E-state index is 0.130. The first-order valence-electron chi connectivity index (χ1n) is 8.93. The van der Waals surface area contributed by atoms with Crippen molar-refractivity contribution in [2.75, 3.05) is 18.8 Å². The molecule has 0 bridgehead atoms. The highest BCUT2D eigenvalue weighted by molar-refractivity contribution is 7.99. The number of esters is 1. The fraction of sp³-hybridized carbons (Fsp3) is 0.579. The van der Waals surface area contributed by atoms with Crippen LogP contribution in [0.1, 0.15) is 43.8 Å². The fourth-order valence-corrected chi connectivity index (χ4v) is 4.72. The SMILES string of the molecule is O=C(O[C@H]1CCSc2ccccc21)[C@@H]1CCCN(C(=O)C2CC2)C1. The molecular weight excluding hydrogens is 322 g/mol. The van der Waals surface area contributed by atoms with Crippen LogP contribution in [0.25, 0.3) is 0 Å². The number of likely N-dealkylation sites (tertiary alicyclic amines) is 1. The molecule has 5 heteroatoms. The maximum atomic E-state index is 12.7. The van der Waals surface area contributed by atoms with Gasteiger partial charge in [-0.05, 0) is 38.2 Å². The lowest BCUT2D eigenvalue weighted by molar-refractivity contribution is -0.157. The normalized spacial score (nSPS) is 26.6. The number of carbonyl (C=O) groups excluding carboxylic acids is 2. The zero-order valence-corrected chi connectivity index (χ0v) is 14.6. The Hall–Kier alpha value is -1.49. The zero-order chi connectivity index (χ0) is 16.5. The number of piperidine rings is 1. The van der Waals surface area contributed by atoms with Crippen LogP contribution in [0, 0.1) is 11.8 Å². The molecule has 3 aliphatic rings. The predicted octanol–water partition coefficient (Wildman–Crippen LogP) is 3.42. The summed E-state index contributed by atoms with van der Waals surface area (Å²) in [5, 5.41) is 0. The number of hydrogen-bond donors (Lipinski definition) is 0. The minimum Gasteiger partial charge on any atom is -0.457 e. The number of amides is 1. The van der Waals surface area contributed by atoms with Crippen molar-refractivity contribution in [2.24, 2.45) is 11.8 Å². The maximum absolute atomic E-state index is 12.7. The van der Waals surface area contributed by atoms with Crippen molar-refractivity contribution < 1.29 is 14.3 Å². The monoisotopic (exact) mass is 345 g/mol. The molecule has 0 radical (unpaired) electrons. The van der Waals surface area contributed by atoms with E-state index in [1.54, 1.807) is 0 Å². The second-order valence-electron chi connectivity index (χ2n) is 7.00. The third kappa shape index (κ3) is 3.32. The van der Waals surface area contributed by atoms with Gasteiger partial charge in [-0.1, -0.05) is 18.2 Å². The van der Waals surface area contributed by atoms with Gasteiger partial charge >= 0.3 is 5.97 Å². The molecule has 0 unspecified atom stereocenters. The average molecular weight is 345 g/mol. The number of fused-ring (bicyclic) bond motifs is 1. The van der Waals surface area contributed by atoms with E-state index in [0.717, 1.165) is 50.0 Å². The smallest absolute Gasteiger partial charge is 0.311 e. The van der Waals surface area contributed by atoms with Gasteiger partial charge in [-0.25, -0.2) is 0 Å². The van der Waals surface area contributed by atoms with Crippen LogP contribution in [0.4, 0.5) is 0 Å². The second-order valence-corrected chi connectivity index (χ2v) is 8.13. The topological polar surface area (TPSA) is 46.6 Å². The molecule has 4 rings (SSSR count). The van der Waals surface area contributed by atoms with Gasteiger partial charge in [0.1, 0.15) is 6.10 Å². The molecule has 1 aliphatic carbocycles. The molecule has 2 heterocycles. The van der Waals surface area contributed by atoms with Crippen molar-refractivity contribution in [1.82, 2.24) is 4.90 Å². The standard InChI is InChI=1S/C19H23NO3S/c21-18(13-7-8-13)20-10-3-4-14(12-20)19(22)23-16-9-11-24-17-6-2-1-5-15(16)17/h1-2,5-6,13-14,16H,3-4,7-12H2/t14-,16+/m1/s1. The highest BCUT2D eigenvalue weighted by atomic mass is 32.2. The van der Waals surface area contributed by atoms with Gasteiger partial charge in [-0.15, -0.1) is 11.8 Å². The summed E-state index contributed by atoms with van der Waals surface area (Å²) in [6.07, 6.45) is 4.49. The molecule has 0 spiro atoms. The van der Waals surface area contributed by atoms with Crippen LogP contribution < -0.4 is 0 Å². The molecule has 1 saturated heterocycles. The Balaban J connectivity index is 1.40. The van der Waals surface area contributed by atoms with Crippen molar-refractivity contribution in [1.29, 1.82) is 0 Å². The highest BCUT2D eigenvalue weighted by Crippen LogP contribution is 2.39. The summed E-state index contributed by atoms with van der Waals surface area (Å²) in [7, 11) is 0. The van der Waals surface area contributed by atoms with Gasteiger partial charge in [0.2, 0.25) is 5.91 Å². The van der Waals surface area contributed by atoms with Crippen molar-refractivity contribution in [3.8, 4) is 0 Å². The van der Waals surface area contributed by atoms with Crippen LogP contribution in [-0.2, 0) is 14.3 Å². The first kappa shape index (κ1) is 16.0. The van der Waals surface area contributed by atoms with E-state index in [1.165, 1.54) is 4.90 Å². The van der Waals surface area contributed by atoms with Crippen molar-refractivity contribution in [3.05, 3.63) is 29.8 Å². The number of benzene rings is 1. The molecule has 4 nitrogen and oxygen atoms in total. The number of carbonyl (C=O) groups is 2. The van der Waals surface area contributed by atoms with Crippen LogP contribution >= 0.6 is 11.8 Å². The molecule has 1 aromatic rings. The van der Waals surface area contributed by atoms with E-state index in [-0.39, 0.29) is 29.8 Å². The first-order valence-corrected chi connectivity index (χ1v) is 9.92. The third-order valence-corrected chi connectivity index (χ3v) is 6.28. The largest absolute Gasteiger partial charge is 0.457 e. The van der Waals surface area contributed by atoms with Gasteiger partial charge in [-0.2, -0.15) is 0 Å². The Morgan fingerprint density at radius 2 is 1.92 bits per heavy atom. The highest BCUT2D eigenvalue weighted by Gasteiger charge is 2.37. The molecule has 128 valence electrons. The Bertz CT molecular complexity index is 643. The average Bonchev–Trinajstić information content (AvgIpc) is 3.47. The molecule has 0 N–H and O–H groups in total. The van der Waals surface area contributed by atoms with Crippen LogP contribution in [0.2, 0.25) is 0 Å². The van der Waals surface area contributed by atoms with Crippen LogP contribution in [0.5, 0.6) is 0 Å².